The van der Waals surface area contributed by atoms with Crippen LogP contribution in [-0.2, 0) is 0 Å². The minimum Gasteiger partial charge on any atom is -0.507 e. The first kappa shape index (κ1) is 15.5. The van der Waals surface area contributed by atoms with Crippen molar-refractivity contribution in [2.24, 2.45) is 0 Å². The molecule has 0 radical (unpaired) electrons. The smallest absolute Gasteiger partial charge is 0.339 e. The molecule has 2 heterocycles. The van der Waals surface area contributed by atoms with Crippen LogP contribution in [0.15, 0.2) is 18.2 Å². The summed E-state index contributed by atoms with van der Waals surface area (Å²) in [5.74, 6) is -1.00. The second kappa shape index (κ2) is 5.68. The van der Waals surface area contributed by atoms with Crippen LogP contribution in [0.3, 0.4) is 0 Å². The Hall–Kier alpha value is -2.38. The van der Waals surface area contributed by atoms with Crippen LogP contribution in [0.2, 0.25) is 5.28 Å². The molecule has 0 fully saturated rings. The van der Waals surface area contributed by atoms with E-state index in [1.165, 1.54) is 23.5 Å². The van der Waals surface area contributed by atoms with E-state index >= 15 is 0 Å². The number of aromatic carboxylic acids is 1. The van der Waals surface area contributed by atoms with Crippen LogP contribution in [0.4, 0.5) is 11.5 Å². The van der Waals surface area contributed by atoms with E-state index in [9.17, 15) is 9.90 Å². The Morgan fingerprint density at radius 1 is 1.30 bits per heavy atom. The van der Waals surface area contributed by atoms with Crippen molar-refractivity contribution < 1.29 is 15.0 Å². The van der Waals surface area contributed by atoms with Gasteiger partial charge in [-0.3, -0.25) is 0 Å². The fourth-order valence-corrected chi connectivity index (χ4v) is 3.48. The number of anilines is 2. The lowest BCUT2D eigenvalue weighted by Gasteiger charge is -2.09. The summed E-state index contributed by atoms with van der Waals surface area (Å²) >= 11 is 7.49. The highest BCUT2D eigenvalue weighted by Gasteiger charge is 2.16. The molecule has 0 atom stereocenters. The van der Waals surface area contributed by atoms with E-state index < -0.39 is 5.97 Å². The third-order valence-electron chi connectivity index (χ3n) is 3.49. The van der Waals surface area contributed by atoms with Crippen molar-refractivity contribution in [3.63, 3.8) is 0 Å². The monoisotopic (exact) mass is 349 g/mol. The van der Waals surface area contributed by atoms with Gasteiger partial charge in [0.1, 0.15) is 22.0 Å². The number of carboxylic acid groups (broad SMARTS) is 1. The number of aromatic hydroxyl groups is 1. The number of nitrogens with one attached hydrogen (secondary N) is 1. The Bertz CT molecular complexity index is 939. The zero-order valence-corrected chi connectivity index (χ0v) is 13.8. The lowest BCUT2D eigenvalue weighted by molar-refractivity contribution is 0.0694. The molecule has 0 spiro atoms. The van der Waals surface area contributed by atoms with Crippen LogP contribution < -0.4 is 5.32 Å². The first-order valence-corrected chi connectivity index (χ1v) is 7.83. The summed E-state index contributed by atoms with van der Waals surface area (Å²) < 4.78 is 0. The highest BCUT2D eigenvalue weighted by Crippen LogP contribution is 2.35. The van der Waals surface area contributed by atoms with Gasteiger partial charge in [0, 0.05) is 10.6 Å². The summed E-state index contributed by atoms with van der Waals surface area (Å²) in [6, 6.07) is 4.23. The van der Waals surface area contributed by atoms with Crippen LogP contribution in [0, 0.1) is 13.8 Å². The predicted octanol–water partition coefficient (Wildman–Crippen LogP) is 4.11. The van der Waals surface area contributed by atoms with Crippen LogP contribution in [0.1, 0.15) is 20.8 Å². The van der Waals surface area contributed by atoms with Gasteiger partial charge in [-0.1, -0.05) is 0 Å². The van der Waals surface area contributed by atoms with Gasteiger partial charge in [0.25, 0.3) is 0 Å². The van der Waals surface area contributed by atoms with Crippen LogP contribution in [-0.4, -0.2) is 26.2 Å². The van der Waals surface area contributed by atoms with Gasteiger partial charge < -0.3 is 15.5 Å². The molecule has 0 amide bonds. The molecule has 0 unspecified atom stereocenters. The number of phenols is 1. The van der Waals surface area contributed by atoms with E-state index in [-0.39, 0.29) is 16.6 Å². The van der Waals surface area contributed by atoms with Crippen molar-refractivity contribution in [2.75, 3.05) is 5.32 Å². The van der Waals surface area contributed by atoms with E-state index in [0.29, 0.717) is 11.5 Å². The van der Waals surface area contributed by atoms with Crippen molar-refractivity contribution in [3.8, 4) is 5.75 Å². The largest absolute Gasteiger partial charge is 0.507 e. The van der Waals surface area contributed by atoms with Crippen LogP contribution >= 0.6 is 22.9 Å². The summed E-state index contributed by atoms with van der Waals surface area (Å²) in [6.07, 6.45) is 0. The minimum atomic E-state index is -1.21. The van der Waals surface area contributed by atoms with E-state index in [4.69, 9.17) is 16.7 Å². The molecule has 0 saturated heterocycles. The standard InChI is InChI=1S/C15H12ClN3O3S/c1-6-7(2)23-13-11(6)12(18-15(16)19-13)17-8-3-4-10(20)9(5-8)14(21)22/h3-5,20H,1-2H3,(H,21,22)(H,17,18,19). The lowest BCUT2D eigenvalue weighted by atomic mass is 10.1. The van der Waals surface area contributed by atoms with E-state index in [1.54, 1.807) is 6.07 Å². The zero-order valence-electron chi connectivity index (χ0n) is 12.2. The number of halogens is 1. The first-order valence-electron chi connectivity index (χ1n) is 6.63. The van der Waals surface area contributed by atoms with Crippen molar-refractivity contribution in [3.05, 3.63) is 39.5 Å². The summed E-state index contributed by atoms with van der Waals surface area (Å²) in [7, 11) is 0. The molecule has 0 bridgehead atoms. The molecule has 0 aliphatic heterocycles. The van der Waals surface area contributed by atoms with Gasteiger partial charge in [-0.05, 0) is 49.2 Å². The maximum Gasteiger partial charge on any atom is 0.339 e. The number of carboxylic acids is 1. The van der Waals surface area contributed by atoms with Crippen LogP contribution in [0.5, 0.6) is 5.75 Å². The molecular formula is C15H12ClN3O3S. The molecular weight excluding hydrogens is 338 g/mol. The van der Waals surface area contributed by atoms with Gasteiger partial charge in [0.15, 0.2) is 0 Å². The Balaban J connectivity index is 2.12. The second-order valence-corrected chi connectivity index (χ2v) is 6.51. The maximum atomic E-state index is 11.1. The molecule has 0 aliphatic carbocycles. The molecule has 0 aliphatic rings. The summed E-state index contributed by atoms with van der Waals surface area (Å²) in [5, 5.41) is 22.7. The average Bonchev–Trinajstić information content (AvgIpc) is 2.75. The van der Waals surface area contributed by atoms with Gasteiger partial charge in [-0.25, -0.2) is 9.78 Å². The first-order chi connectivity index (χ1) is 10.9. The molecule has 23 heavy (non-hydrogen) atoms. The number of nitrogens with zero attached hydrogens (tertiary/aromatic N) is 2. The number of rotatable bonds is 3. The number of hydrogen-bond acceptors (Lipinski definition) is 6. The van der Waals surface area contributed by atoms with Crippen LogP contribution in [0.25, 0.3) is 10.2 Å². The number of carbonyl (C=O) groups is 1. The quantitative estimate of drug-likeness (QED) is 0.486. The Labute approximate surface area is 140 Å². The van der Waals surface area contributed by atoms with Gasteiger partial charge in [0.05, 0.1) is 5.39 Å². The van der Waals surface area contributed by atoms with Gasteiger partial charge in [-0.15, -0.1) is 11.3 Å². The van der Waals surface area contributed by atoms with Crippen molar-refractivity contribution in [1.82, 2.24) is 9.97 Å². The number of hydrogen-bond donors (Lipinski definition) is 3. The van der Waals surface area contributed by atoms with Gasteiger partial charge in [0.2, 0.25) is 5.28 Å². The number of aryl methyl sites for hydroxylation is 2. The number of thiophene rings is 1. The summed E-state index contributed by atoms with van der Waals surface area (Å²) in [4.78, 5) is 21.4. The molecule has 3 rings (SSSR count). The SMILES string of the molecule is Cc1sc2nc(Cl)nc(Nc3ccc(O)c(C(=O)O)c3)c2c1C. The Morgan fingerprint density at radius 2 is 2.04 bits per heavy atom. The predicted molar refractivity (Wildman–Crippen MR) is 90.2 cm³/mol. The molecule has 2 aromatic heterocycles. The zero-order chi connectivity index (χ0) is 16.7. The summed E-state index contributed by atoms with van der Waals surface area (Å²) in [6.45, 7) is 3.96. The highest BCUT2D eigenvalue weighted by molar-refractivity contribution is 7.18. The number of aromatic nitrogens is 2. The highest BCUT2D eigenvalue weighted by atomic mass is 35.5. The van der Waals surface area contributed by atoms with E-state index in [1.807, 2.05) is 13.8 Å². The third kappa shape index (κ3) is 2.80. The normalized spacial score (nSPS) is 10.9. The average molecular weight is 350 g/mol. The van der Waals surface area contributed by atoms with Gasteiger partial charge >= 0.3 is 5.97 Å². The lowest BCUT2D eigenvalue weighted by Crippen LogP contribution is -2.00. The molecule has 8 heteroatoms. The van der Waals surface area contributed by atoms with Crippen molar-refractivity contribution in [2.45, 2.75) is 13.8 Å². The maximum absolute atomic E-state index is 11.1. The molecule has 3 aromatic rings. The molecule has 1 aromatic carbocycles. The Morgan fingerprint density at radius 3 is 2.74 bits per heavy atom. The topological polar surface area (TPSA) is 95.3 Å². The molecule has 118 valence electrons. The molecule has 0 saturated carbocycles. The van der Waals surface area contributed by atoms with Gasteiger partial charge in [-0.2, -0.15) is 4.98 Å². The summed E-state index contributed by atoms with van der Waals surface area (Å²) in [5.41, 5.74) is 1.34. The second-order valence-electron chi connectivity index (χ2n) is 4.97. The minimum absolute atomic E-state index is 0.110. The Kier molecular flexibility index (Phi) is 3.83. The van der Waals surface area contributed by atoms with Crippen molar-refractivity contribution >= 4 is 50.6 Å². The fraction of sp³-hybridized carbons (Fsp3) is 0.133. The number of fused-ring (bicyclic) bond motifs is 1. The van der Waals surface area contributed by atoms with Crippen molar-refractivity contribution in [1.29, 1.82) is 0 Å². The fourth-order valence-electron chi connectivity index (χ4n) is 2.24. The molecule has 3 N–H and O–H groups in total. The number of benzene rings is 1. The van der Waals surface area contributed by atoms with E-state index in [2.05, 4.69) is 15.3 Å². The molecule has 6 nitrogen and oxygen atoms in total. The van der Waals surface area contributed by atoms with E-state index in [0.717, 1.165) is 20.7 Å². The third-order valence-corrected chi connectivity index (χ3v) is 4.76.